The molecular weight excluding hydrogens is 549 g/mol. The minimum Gasteiger partial charge on any atom is -1.00 e. The first-order valence-corrected chi connectivity index (χ1v) is 12.5. The van der Waals surface area contributed by atoms with Crippen LogP contribution >= 0.6 is 0 Å². The van der Waals surface area contributed by atoms with E-state index in [9.17, 15) is 23.1 Å². The fourth-order valence-corrected chi connectivity index (χ4v) is 5.12. The summed E-state index contributed by atoms with van der Waals surface area (Å²) in [6.45, 7) is 3.36. The van der Waals surface area contributed by atoms with Crippen LogP contribution in [0.25, 0.3) is 0 Å². The fourth-order valence-electron chi connectivity index (χ4n) is 5.12. The van der Waals surface area contributed by atoms with E-state index in [2.05, 4.69) is 9.80 Å². The van der Waals surface area contributed by atoms with Gasteiger partial charge >= 0.3 is 5.97 Å². The number of ether oxygens (including phenoxy) is 1. The monoisotopic (exact) mass is 581 g/mol. The Morgan fingerprint density at radius 3 is 2.46 bits per heavy atom. The van der Waals surface area contributed by atoms with Crippen molar-refractivity contribution < 1.29 is 44.8 Å². The molecule has 3 atom stereocenters. The first-order valence-electron chi connectivity index (χ1n) is 12.5. The number of aliphatic hydroxyl groups is 1. The first-order chi connectivity index (χ1) is 17.2. The number of rotatable bonds is 9. The zero-order valence-electron chi connectivity index (χ0n) is 20.8. The predicted molar refractivity (Wildman–Crippen MR) is 130 cm³/mol. The highest BCUT2D eigenvalue weighted by Gasteiger charge is 2.52. The lowest BCUT2D eigenvalue weighted by molar-refractivity contribution is -0.182. The summed E-state index contributed by atoms with van der Waals surface area (Å²) < 4.78 is 47.0. The molecule has 5 nitrogen and oxygen atoms in total. The van der Waals surface area contributed by atoms with E-state index in [0.717, 1.165) is 5.56 Å². The van der Waals surface area contributed by atoms with Gasteiger partial charge in [0.1, 0.15) is 5.82 Å². The van der Waals surface area contributed by atoms with Gasteiger partial charge in [0.15, 0.2) is 5.60 Å². The Balaban J connectivity index is 0.00000380. The molecule has 1 N–H and O–H groups in total. The van der Waals surface area contributed by atoms with Gasteiger partial charge < -0.3 is 36.6 Å². The Kier molecular flexibility index (Phi) is 9.69. The van der Waals surface area contributed by atoms with E-state index in [4.69, 9.17) is 4.74 Å². The standard InChI is InChI=1S/C28H33F3N2O3.BrH/c1-21-32(16-17-33(21)20-22-10-12-25(29)13-11-22)15-6-18-36-26(34)28(35,23-7-3-2-4-8-23)24-9-5-14-27(30,31)19-24;/h2-4,7-8,10-13,16-17,21,24,35H,5-6,9,14-15,18-20H2,1H3;1H/p-1/t21?,24-,28+;/m1./s1. The highest BCUT2D eigenvalue weighted by Crippen LogP contribution is 2.45. The van der Waals surface area contributed by atoms with Crippen LogP contribution in [0.2, 0.25) is 0 Å². The second kappa shape index (κ2) is 12.3. The summed E-state index contributed by atoms with van der Waals surface area (Å²) in [6, 6.07) is 14.7. The minimum absolute atomic E-state index is 0. The maximum Gasteiger partial charge on any atom is 0.343 e. The third-order valence-corrected chi connectivity index (χ3v) is 7.24. The van der Waals surface area contributed by atoms with E-state index in [0.29, 0.717) is 25.9 Å². The van der Waals surface area contributed by atoms with Crippen molar-refractivity contribution in [2.75, 3.05) is 13.2 Å². The van der Waals surface area contributed by atoms with Crippen molar-refractivity contribution in [1.29, 1.82) is 0 Å². The quantitative estimate of drug-likeness (QED) is 0.364. The smallest absolute Gasteiger partial charge is 0.343 e. The zero-order valence-corrected chi connectivity index (χ0v) is 22.4. The van der Waals surface area contributed by atoms with Crippen molar-refractivity contribution >= 4 is 5.97 Å². The summed E-state index contributed by atoms with van der Waals surface area (Å²) in [4.78, 5) is 17.4. The summed E-state index contributed by atoms with van der Waals surface area (Å²) in [5.41, 5.74) is -0.833. The van der Waals surface area contributed by atoms with Crippen molar-refractivity contribution in [1.82, 2.24) is 9.80 Å². The average Bonchev–Trinajstić information content (AvgIpc) is 3.21. The Morgan fingerprint density at radius 1 is 1.11 bits per heavy atom. The molecule has 1 unspecified atom stereocenters. The number of nitrogens with zero attached hydrogens (tertiary/aromatic N) is 2. The van der Waals surface area contributed by atoms with Gasteiger partial charge in [-0.3, -0.25) is 0 Å². The van der Waals surface area contributed by atoms with Crippen molar-refractivity contribution in [2.24, 2.45) is 5.92 Å². The Labute approximate surface area is 226 Å². The van der Waals surface area contributed by atoms with Gasteiger partial charge in [0.2, 0.25) is 5.92 Å². The lowest BCUT2D eigenvalue weighted by atomic mass is 9.72. The molecule has 0 aromatic heterocycles. The van der Waals surface area contributed by atoms with E-state index in [1.54, 1.807) is 42.5 Å². The van der Waals surface area contributed by atoms with Gasteiger partial charge in [0, 0.05) is 44.2 Å². The molecule has 1 saturated carbocycles. The van der Waals surface area contributed by atoms with Gasteiger partial charge in [-0.05, 0) is 49.4 Å². The third kappa shape index (κ3) is 6.87. The largest absolute Gasteiger partial charge is 1.00 e. The van der Waals surface area contributed by atoms with Gasteiger partial charge in [-0.2, -0.15) is 0 Å². The number of carbonyl (C=O) groups excluding carboxylic acids is 1. The molecule has 0 amide bonds. The molecule has 0 saturated heterocycles. The Morgan fingerprint density at radius 2 is 1.78 bits per heavy atom. The summed E-state index contributed by atoms with van der Waals surface area (Å²) in [6.07, 6.45) is 4.30. The molecule has 0 spiro atoms. The van der Waals surface area contributed by atoms with Crippen LogP contribution in [0, 0.1) is 11.7 Å². The second-order valence-corrected chi connectivity index (χ2v) is 9.74. The normalized spacial score (nSPS) is 22.3. The van der Waals surface area contributed by atoms with Crippen LogP contribution in [0.5, 0.6) is 0 Å². The van der Waals surface area contributed by atoms with Crippen molar-refractivity contribution in [2.45, 2.75) is 63.3 Å². The van der Waals surface area contributed by atoms with Crippen LogP contribution in [0.15, 0.2) is 67.0 Å². The number of alkyl halides is 2. The van der Waals surface area contributed by atoms with E-state index in [1.807, 2.05) is 19.3 Å². The molecule has 37 heavy (non-hydrogen) atoms. The topological polar surface area (TPSA) is 53.0 Å². The highest BCUT2D eigenvalue weighted by molar-refractivity contribution is 5.81. The van der Waals surface area contributed by atoms with Crippen molar-refractivity contribution in [3.63, 3.8) is 0 Å². The molecule has 202 valence electrons. The molecule has 1 fully saturated rings. The van der Waals surface area contributed by atoms with E-state index < -0.39 is 29.8 Å². The number of hydrogen-bond donors (Lipinski definition) is 1. The number of carbonyl (C=O) groups is 1. The van der Waals surface area contributed by atoms with Crippen molar-refractivity contribution in [3.8, 4) is 0 Å². The molecule has 2 aromatic rings. The van der Waals surface area contributed by atoms with E-state index in [1.165, 1.54) is 12.1 Å². The first kappa shape index (κ1) is 29.0. The molecule has 0 radical (unpaired) electrons. The average molecular weight is 582 g/mol. The SMILES string of the molecule is CC1N(CCCOC(=O)[C@](O)(c2ccccc2)[C@@H]2CCCC(F)(F)C2)C=CN1Cc1ccc(F)cc1.[Br-]. The number of halogens is 4. The van der Waals surface area contributed by atoms with Crippen LogP contribution in [-0.2, 0) is 21.7 Å². The third-order valence-electron chi connectivity index (χ3n) is 7.24. The Bertz CT molecular complexity index is 1050. The summed E-state index contributed by atoms with van der Waals surface area (Å²) in [7, 11) is 0. The molecule has 2 aliphatic rings. The molecule has 4 rings (SSSR count). The van der Waals surface area contributed by atoms with Gasteiger partial charge in [-0.25, -0.2) is 18.0 Å². The molecule has 0 bridgehead atoms. The highest BCUT2D eigenvalue weighted by atomic mass is 79.9. The van der Waals surface area contributed by atoms with Crippen LogP contribution in [0.3, 0.4) is 0 Å². The lowest BCUT2D eigenvalue weighted by Gasteiger charge is -2.39. The fraction of sp³-hybridized carbons (Fsp3) is 0.464. The van der Waals surface area contributed by atoms with Gasteiger partial charge in [0.25, 0.3) is 0 Å². The predicted octanol–water partition coefficient (Wildman–Crippen LogP) is 2.41. The molecule has 1 aliphatic heterocycles. The molecule has 1 aliphatic carbocycles. The van der Waals surface area contributed by atoms with E-state index >= 15 is 0 Å². The minimum atomic E-state index is -2.91. The molecule has 1 heterocycles. The van der Waals surface area contributed by atoms with Crippen molar-refractivity contribution in [3.05, 3.63) is 83.9 Å². The number of hydrogen-bond acceptors (Lipinski definition) is 5. The molecule has 2 aromatic carbocycles. The van der Waals surface area contributed by atoms with Crippen LogP contribution in [0.4, 0.5) is 13.2 Å². The second-order valence-electron chi connectivity index (χ2n) is 9.74. The van der Waals surface area contributed by atoms with Crippen LogP contribution in [0.1, 0.15) is 50.2 Å². The number of benzene rings is 2. The summed E-state index contributed by atoms with van der Waals surface area (Å²) in [5, 5.41) is 11.5. The lowest BCUT2D eigenvalue weighted by Crippen LogP contribution is -3.00. The molecule has 9 heteroatoms. The van der Waals surface area contributed by atoms with Gasteiger partial charge in [0.05, 0.1) is 12.8 Å². The maximum absolute atomic E-state index is 14.2. The van der Waals surface area contributed by atoms with Gasteiger partial charge in [-0.15, -0.1) is 0 Å². The van der Waals surface area contributed by atoms with E-state index in [-0.39, 0.29) is 54.0 Å². The molecular formula is C28H33BrF3N2O3-. The summed E-state index contributed by atoms with van der Waals surface area (Å²) >= 11 is 0. The van der Waals surface area contributed by atoms with Gasteiger partial charge in [-0.1, -0.05) is 42.5 Å². The summed E-state index contributed by atoms with van der Waals surface area (Å²) in [5.74, 6) is -4.97. The number of esters is 1. The van der Waals surface area contributed by atoms with Crippen LogP contribution in [-0.4, -0.2) is 46.1 Å². The zero-order chi connectivity index (χ0) is 25.8. The Hall–Kier alpha value is -2.52. The van der Waals surface area contributed by atoms with Crippen LogP contribution < -0.4 is 17.0 Å². The maximum atomic E-state index is 14.2.